The SMILES string of the molecule is Cc1[nH]c2c(c(=O)c1-c1ccc(Oc3ccc(C(=O)O)cc3)nc1)CCCC2. The Morgan fingerprint density at radius 3 is 2.54 bits per heavy atom. The molecule has 6 heteroatoms. The van der Waals surface area contributed by atoms with Crippen LogP contribution in [-0.2, 0) is 12.8 Å². The standard InChI is InChI=1S/C22H20N2O4/c1-13-20(21(25)17-4-2-3-5-18(17)24-13)15-8-11-19(23-12-15)28-16-9-6-14(7-10-16)22(26)27/h6-12H,2-5H2,1H3,(H,24,25)(H,26,27). The molecule has 4 rings (SSSR count). The number of nitrogens with one attached hydrogen (secondary N) is 1. The monoisotopic (exact) mass is 376 g/mol. The summed E-state index contributed by atoms with van der Waals surface area (Å²) in [7, 11) is 0. The number of carbonyl (C=O) groups is 1. The molecule has 0 bridgehead atoms. The molecule has 0 atom stereocenters. The molecule has 2 heterocycles. The molecular weight excluding hydrogens is 356 g/mol. The van der Waals surface area contributed by atoms with E-state index in [1.165, 1.54) is 12.1 Å². The van der Waals surface area contributed by atoms with Gasteiger partial charge in [-0.15, -0.1) is 0 Å². The van der Waals surface area contributed by atoms with Crippen LogP contribution in [0.4, 0.5) is 0 Å². The van der Waals surface area contributed by atoms with Crippen LogP contribution in [0, 0.1) is 6.92 Å². The van der Waals surface area contributed by atoms with E-state index in [2.05, 4.69) is 9.97 Å². The summed E-state index contributed by atoms with van der Waals surface area (Å²) in [6, 6.07) is 9.64. The summed E-state index contributed by atoms with van der Waals surface area (Å²) in [5.74, 6) is -0.119. The first-order chi connectivity index (χ1) is 13.5. The van der Waals surface area contributed by atoms with Crippen LogP contribution in [0.3, 0.4) is 0 Å². The number of aromatic amines is 1. The molecule has 142 valence electrons. The van der Waals surface area contributed by atoms with Crippen molar-refractivity contribution in [2.45, 2.75) is 32.6 Å². The highest BCUT2D eigenvalue weighted by Crippen LogP contribution is 2.26. The largest absolute Gasteiger partial charge is 0.478 e. The average molecular weight is 376 g/mol. The second-order valence-corrected chi connectivity index (χ2v) is 6.94. The molecule has 3 aromatic rings. The summed E-state index contributed by atoms with van der Waals surface area (Å²) >= 11 is 0. The molecule has 6 nitrogen and oxygen atoms in total. The van der Waals surface area contributed by atoms with Crippen LogP contribution in [0.5, 0.6) is 11.6 Å². The quantitative estimate of drug-likeness (QED) is 0.715. The number of ether oxygens (including phenoxy) is 1. The number of hydrogen-bond acceptors (Lipinski definition) is 4. The van der Waals surface area contributed by atoms with E-state index in [-0.39, 0.29) is 11.0 Å². The minimum atomic E-state index is -0.986. The van der Waals surface area contributed by atoms with E-state index in [9.17, 15) is 9.59 Å². The number of hydrogen-bond donors (Lipinski definition) is 2. The molecule has 2 N–H and O–H groups in total. The molecule has 0 saturated carbocycles. The predicted octanol–water partition coefficient (Wildman–Crippen LogP) is 4.11. The van der Waals surface area contributed by atoms with Crippen LogP contribution in [0.2, 0.25) is 0 Å². The number of aryl methyl sites for hydroxylation is 2. The molecule has 0 radical (unpaired) electrons. The van der Waals surface area contributed by atoms with Gasteiger partial charge < -0.3 is 14.8 Å². The number of rotatable bonds is 4. The zero-order valence-corrected chi connectivity index (χ0v) is 15.5. The summed E-state index contributed by atoms with van der Waals surface area (Å²) in [6.45, 7) is 1.92. The number of benzene rings is 1. The second kappa shape index (κ2) is 7.31. The lowest BCUT2D eigenvalue weighted by atomic mass is 9.92. The smallest absolute Gasteiger partial charge is 0.335 e. The third kappa shape index (κ3) is 3.41. The maximum absolute atomic E-state index is 13.0. The summed E-state index contributed by atoms with van der Waals surface area (Å²) in [6.07, 6.45) is 5.54. The highest BCUT2D eigenvalue weighted by atomic mass is 16.5. The van der Waals surface area contributed by atoms with Crippen molar-refractivity contribution in [3.8, 4) is 22.8 Å². The van der Waals surface area contributed by atoms with Crippen molar-refractivity contribution in [3.05, 3.63) is 75.3 Å². The molecule has 0 spiro atoms. The number of carboxylic acid groups (broad SMARTS) is 1. The molecule has 0 amide bonds. The van der Waals surface area contributed by atoms with E-state index in [1.807, 2.05) is 13.0 Å². The van der Waals surface area contributed by atoms with Crippen molar-refractivity contribution >= 4 is 5.97 Å². The van der Waals surface area contributed by atoms with Crippen LogP contribution in [-0.4, -0.2) is 21.0 Å². The van der Waals surface area contributed by atoms with Gasteiger partial charge >= 0.3 is 5.97 Å². The zero-order chi connectivity index (χ0) is 19.7. The number of aromatic nitrogens is 2. The van der Waals surface area contributed by atoms with Gasteiger partial charge in [-0.25, -0.2) is 9.78 Å². The van der Waals surface area contributed by atoms with Gasteiger partial charge in [0.2, 0.25) is 5.88 Å². The summed E-state index contributed by atoms with van der Waals surface area (Å²) in [5, 5.41) is 8.94. The Morgan fingerprint density at radius 1 is 1.11 bits per heavy atom. The molecule has 0 aliphatic heterocycles. The Morgan fingerprint density at radius 2 is 1.86 bits per heavy atom. The lowest BCUT2D eigenvalue weighted by Crippen LogP contribution is -2.21. The summed E-state index contributed by atoms with van der Waals surface area (Å²) in [5.41, 5.74) is 4.50. The van der Waals surface area contributed by atoms with Gasteiger partial charge in [0, 0.05) is 40.3 Å². The van der Waals surface area contributed by atoms with Crippen LogP contribution >= 0.6 is 0 Å². The van der Waals surface area contributed by atoms with Crippen LogP contribution < -0.4 is 10.2 Å². The van der Waals surface area contributed by atoms with Gasteiger partial charge in [0.05, 0.1) is 5.56 Å². The topological polar surface area (TPSA) is 92.3 Å². The minimum Gasteiger partial charge on any atom is -0.478 e. The van der Waals surface area contributed by atoms with Gasteiger partial charge in [-0.2, -0.15) is 0 Å². The average Bonchev–Trinajstić information content (AvgIpc) is 2.70. The van der Waals surface area contributed by atoms with E-state index in [4.69, 9.17) is 9.84 Å². The number of aromatic carboxylic acids is 1. The van der Waals surface area contributed by atoms with Crippen molar-refractivity contribution in [2.75, 3.05) is 0 Å². The van der Waals surface area contributed by atoms with E-state index >= 15 is 0 Å². The van der Waals surface area contributed by atoms with Crippen LogP contribution in [0.25, 0.3) is 11.1 Å². The first-order valence-corrected chi connectivity index (χ1v) is 9.25. The van der Waals surface area contributed by atoms with Gasteiger partial charge in [-0.3, -0.25) is 4.79 Å². The van der Waals surface area contributed by atoms with Gasteiger partial charge in [-0.05, 0) is 62.9 Å². The molecule has 0 fully saturated rings. The Kier molecular flexibility index (Phi) is 4.69. The van der Waals surface area contributed by atoms with Gasteiger partial charge in [0.1, 0.15) is 5.75 Å². The fraction of sp³-hybridized carbons (Fsp3) is 0.227. The Labute approximate surface area is 161 Å². The highest BCUT2D eigenvalue weighted by molar-refractivity contribution is 5.87. The number of fused-ring (bicyclic) bond motifs is 1. The fourth-order valence-corrected chi connectivity index (χ4v) is 3.63. The van der Waals surface area contributed by atoms with E-state index in [0.29, 0.717) is 17.2 Å². The highest BCUT2D eigenvalue weighted by Gasteiger charge is 2.19. The number of pyridine rings is 2. The molecule has 1 aliphatic carbocycles. The van der Waals surface area contributed by atoms with Crippen molar-refractivity contribution < 1.29 is 14.6 Å². The molecule has 2 aromatic heterocycles. The summed E-state index contributed by atoms with van der Waals surface area (Å²) in [4.78, 5) is 31.6. The van der Waals surface area contributed by atoms with E-state index < -0.39 is 5.97 Å². The Hall–Kier alpha value is -3.41. The number of nitrogens with zero attached hydrogens (tertiary/aromatic N) is 1. The van der Waals surface area contributed by atoms with Crippen molar-refractivity contribution in [2.24, 2.45) is 0 Å². The molecule has 1 aromatic carbocycles. The van der Waals surface area contributed by atoms with Gasteiger partial charge in [0.15, 0.2) is 5.43 Å². The molecule has 28 heavy (non-hydrogen) atoms. The van der Waals surface area contributed by atoms with Crippen molar-refractivity contribution in [1.29, 1.82) is 0 Å². The number of H-pyrrole nitrogens is 1. The maximum atomic E-state index is 13.0. The maximum Gasteiger partial charge on any atom is 0.335 e. The molecular formula is C22H20N2O4. The minimum absolute atomic E-state index is 0.0886. The molecule has 1 aliphatic rings. The van der Waals surface area contributed by atoms with E-state index in [1.54, 1.807) is 24.4 Å². The second-order valence-electron chi connectivity index (χ2n) is 6.94. The first kappa shape index (κ1) is 18.0. The Bertz CT molecular complexity index is 1080. The predicted molar refractivity (Wildman–Crippen MR) is 105 cm³/mol. The van der Waals surface area contributed by atoms with Crippen molar-refractivity contribution in [1.82, 2.24) is 9.97 Å². The van der Waals surface area contributed by atoms with Gasteiger partial charge in [0.25, 0.3) is 0 Å². The fourth-order valence-electron chi connectivity index (χ4n) is 3.63. The number of carboxylic acids is 1. The first-order valence-electron chi connectivity index (χ1n) is 9.25. The lowest BCUT2D eigenvalue weighted by Gasteiger charge is -2.18. The Balaban J connectivity index is 1.60. The normalized spacial score (nSPS) is 13.0. The van der Waals surface area contributed by atoms with Crippen molar-refractivity contribution in [3.63, 3.8) is 0 Å². The molecule has 0 unspecified atom stereocenters. The third-order valence-corrected chi connectivity index (χ3v) is 5.03. The van der Waals surface area contributed by atoms with Crippen LogP contribution in [0.1, 0.15) is 40.2 Å². The van der Waals surface area contributed by atoms with Gasteiger partial charge in [-0.1, -0.05) is 0 Å². The zero-order valence-electron chi connectivity index (χ0n) is 15.5. The molecule has 0 saturated heterocycles. The van der Waals surface area contributed by atoms with E-state index in [0.717, 1.165) is 48.2 Å². The summed E-state index contributed by atoms with van der Waals surface area (Å²) < 4.78 is 5.66. The third-order valence-electron chi connectivity index (χ3n) is 5.03. The lowest BCUT2D eigenvalue weighted by molar-refractivity contribution is 0.0697. The van der Waals surface area contributed by atoms with Crippen LogP contribution in [0.15, 0.2) is 47.4 Å².